The maximum Gasteiger partial charge on any atom is 0.129 e. The minimum absolute atomic E-state index is 0.199. The molecule has 0 saturated carbocycles. The van der Waals surface area contributed by atoms with Crippen LogP contribution in [-0.2, 0) is 4.79 Å². The zero-order valence-corrected chi connectivity index (χ0v) is 10.6. The molecular weight excluding hydrogens is 200 g/mol. The van der Waals surface area contributed by atoms with Gasteiger partial charge in [-0.15, -0.1) is 6.58 Å². The van der Waals surface area contributed by atoms with Crippen LogP contribution in [0.2, 0.25) is 0 Å². The Morgan fingerprint density at radius 1 is 1.19 bits per heavy atom. The Morgan fingerprint density at radius 3 is 2.31 bits per heavy atom. The number of hydrogen-bond acceptors (Lipinski definition) is 2. The lowest BCUT2D eigenvalue weighted by Gasteiger charge is -2.07. The van der Waals surface area contributed by atoms with Crippen LogP contribution in [0, 0.1) is 0 Å². The lowest BCUT2D eigenvalue weighted by Crippen LogP contribution is -2.03. The molecule has 0 heterocycles. The fourth-order valence-corrected chi connectivity index (χ4v) is 1.77. The van der Waals surface area contributed by atoms with Gasteiger partial charge in [0.1, 0.15) is 5.78 Å². The third kappa shape index (κ3) is 11.4. The summed E-state index contributed by atoms with van der Waals surface area (Å²) in [4.78, 5) is 10.7. The van der Waals surface area contributed by atoms with Crippen molar-refractivity contribution in [3.63, 3.8) is 0 Å². The Kier molecular flexibility index (Phi) is 10.4. The largest absolute Gasteiger partial charge is 0.393 e. The molecule has 0 amide bonds. The van der Waals surface area contributed by atoms with Crippen LogP contribution in [0.4, 0.5) is 0 Å². The van der Waals surface area contributed by atoms with E-state index in [1.54, 1.807) is 13.0 Å². The van der Waals surface area contributed by atoms with Crippen molar-refractivity contribution in [2.75, 3.05) is 0 Å². The first-order chi connectivity index (χ1) is 7.66. The van der Waals surface area contributed by atoms with Crippen LogP contribution in [-0.4, -0.2) is 17.0 Å². The number of aliphatic hydroxyl groups is 1. The van der Waals surface area contributed by atoms with Crippen molar-refractivity contribution in [3.8, 4) is 0 Å². The molecule has 2 nitrogen and oxygen atoms in total. The first-order valence-electron chi connectivity index (χ1n) is 6.45. The Bertz CT molecular complexity index is 187. The first-order valence-corrected chi connectivity index (χ1v) is 6.45. The summed E-state index contributed by atoms with van der Waals surface area (Å²) in [6.45, 7) is 5.26. The van der Waals surface area contributed by atoms with Crippen LogP contribution in [0.15, 0.2) is 12.7 Å². The quantitative estimate of drug-likeness (QED) is 0.431. The van der Waals surface area contributed by atoms with E-state index in [0.29, 0.717) is 12.2 Å². The second kappa shape index (κ2) is 10.9. The molecule has 0 aromatic carbocycles. The summed E-state index contributed by atoms with van der Waals surface area (Å²) in [5.74, 6) is 0.299. The minimum atomic E-state index is -0.199. The Balaban J connectivity index is 3.09. The number of hydrogen-bond donors (Lipinski definition) is 1. The number of aliphatic hydroxyl groups excluding tert-OH is 1. The smallest absolute Gasteiger partial charge is 0.129 e. The summed E-state index contributed by atoms with van der Waals surface area (Å²) in [6, 6.07) is 0. The lowest BCUT2D eigenvalue weighted by atomic mass is 10.0. The normalized spacial score (nSPS) is 12.4. The van der Waals surface area contributed by atoms with E-state index in [-0.39, 0.29) is 6.10 Å². The highest BCUT2D eigenvalue weighted by Gasteiger charge is 2.00. The molecule has 0 saturated heterocycles. The SMILES string of the molecule is C=CCC(O)CCCCCCCCC(C)=O. The number of carbonyl (C=O) groups excluding carboxylic acids is 1. The summed E-state index contributed by atoms with van der Waals surface area (Å²) < 4.78 is 0. The van der Waals surface area contributed by atoms with Gasteiger partial charge in [0.15, 0.2) is 0 Å². The third-order valence-electron chi connectivity index (χ3n) is 2.75. The van der Waals surface area contributed by atoms with Gasteiger partial charge in [0.05, 0.1) is 6.10 Å². The van der Waals surface area contributed by atoms with Crippen molar-refractivity contribution in [1.82, 2.24) is 0 Å². The molecule has 0 bridgehead atoms. The average molecular weight is 226 g/mol. The lowest BCUT2D eigenvalue weighted by molar-refractivity contribution is -0.117. The molecular formula is C14H26O2. The van der Waals surface area contributed by atoms with Crippen molar-refractivity contribution in [3.05, 3.63) is 12.7 Å². The van der Waals surface area contributed by atoms with E-state index < -0.39 is 0 Å². The highest BCUT2D eigenvalue weighted by Crippen LogP contribution is 2.11. The summed E-state index contributed by atoms with van der Waals surface area (Å²) in [6.07, 6.45) is 10.8. The summed E-state index contributed by atoms with van der Waals surface area (Å²) in [5.41, 5.74) is 0. The van der Waals surface area contributed by atoms with Crippen molar-refractivity contribution < 1.29 is 9.90 Å². The van der Waals surface area contributed by atoms with Crippen LogP contribution >= 0.6 is 0 Å². The van der Waals surface area contributed by atoms with Crippen LogP contribution in [0.3, 0.4) is 0 Å². The molecule has 2 heteroatoms. The number of rotatable bonds is 11. The first kappa shape index (κ1) is 15.4. The Morgan fingerprint density at radius 2 is 1.75 bits per heavy atom. The highest BCUT2D eigenvalue weighted by molar-refractivity contribution is 5.75. The fraction of sp³-hybridized carbons (Fsp3) is 0.786. The van der Waals surface area contributed by atoms with E-state index in [2.05, 4.69) is 6.58 Å². The summed E-state index contributed by atoms with van der Waals surface area (Å²) in [7, 11) is 0. The molecule has 1 atom stereocenters. The highest BCUT2D eigenvalue weighted by atomic mass is 16.3. The van der Waals surface area contributed by atoms with E-state index in [1.807, 2.05) is 0 Å². The molecule has 0 aliphatic carbocycles. The standard InChI is InChI=1S/C14H26O2/c1-3-10-14(16)12-9-7-5-4-6-8-11-13(2)15/h3,14,16H,1,4-12H2,2H3. The van der Waals surface area contributed by atoms with E-state index in [4.69, 9.17) is 0 Å². The number of carbonyl (C=O) groups is 1. The van der Waals surface area contributed by atoms with Gasteiger partial charge in [-0.1, -0.05) is 38.2 Å². The predicted molar refractivity (Wildman–Crippen MR) is 68.4 cm³/mol. The monoisotopic (exact) mass is 226 g/mol. The van der Waals surface area contributed by atoms with Crippen LogP contribution < -0.4 is 0 Å². The molecule has 0 radical (unpaired) electrons. The molecule has 1 N–H and O–H groups in total. The van der Waals surface area contributed by atoms with Crippen LogP contribution in [0.5, 0.6) is 0 Å². The topological polar surface area (TPSA) is 37.3 Å². The average Bonchev–Trinajstić information content (AvgIpc) is 2.22. The molecule has 94 valence electrons. The van der Waals surface area contributed by atoms with Gasteiger partial charge in [-0.2, -0.15) is 0 Å². The number of ketones is 1. The van der Waals surface area contributed by atoms with Crippen LogP contribution in [0.1, 0.15) is 64.7 Å². The third-order valence-corrected chi connectivity index (χ3v) is 2.75. The molecule has 0 fully saturated rings. The zero-order valence-electron chi connectivity index (χ0n) is 10.6. The maximum absolute atomic E-state index is 10.7. The second-order valence-electron chi connectivity index (χ2n) is 4.54. The molecule has 1 unspecified atom stereocenters. The Hall–Kier alpha value is -0.630. The number of unbranched alkanes of at least 4 members (excludes halogenated alkanes) is 5. The maximum atomic E-state index is 10.7. The van der Waals surface area contributed by atoms with Crippen molar-refractivity contribution in [2.24, 2.45) is 0 Å². The number of Topliss-reactive ketones (excluding diaryl/α,β-unsaturated/α-hetero) is 1. The molecule has 0 spiro atoms. The Labute approximate surface area is 99.7 Å². The predicted octanol–water partition coefficient (Wildman–Crippen LogP) is 3.63. The van der Waals surface area contributed by atoms with Gasteiger partial charge in [-0.3, -0.25) is 0 Å². The molecule has 0 aliphatic heterocycles. The van der Waals surface area contributed by atoms with Gasteiger partial charge in [0.25, 0.3) is 0 Å². The van der Waals surface area contributed by atoms with Crippen molar-refractivity contribution >= 4 is 5.78 Å². The second-order valence-corrected chi connectivity index (χ2v) is 4.54. The van der Waals surface area contributed by atoms with Gasteiger partial charge in [0.2, 0.25) is 0 Å². The molecule has 0 aromatic rings. The van der Waals surface area contributed by atoms with E-state index in [9.17, 15) is 9.90 Å². The van der Waals surface area contributed by atoms with Crippen molar-refractivity contribution in [2.45, 2.75) is 70.8 Å². The van der Waals surface area contributed by atoms with E-state index >= 15 is 0 Å². The fourth-order valence-electron chi connectivity index (χ4n) is 1.77. The van der Waals surface area contributed by atoms with Gasteiger partial charge in [-0.25, -0.2) is 0 Å². The molecule has 0 rings (SSSR count). The van der Waals surface area contributed by atoms with E-state index in [1.165, 1.54) is 19.3 Å². The molecule has 0 aliphatic rings. The minimum Gasteiger partial charge on any atom is -0.393 e. The zero-order chi connectivity index (χ0) is 12.2. The summed E-state index contributed by atoms with van der Waals surface area (Å²) >= 11 is 0. The summed E-state index contributed by atoms with van der Waals surface area (Å²) in [5, 5.41) is 9.44. The van der Waals surface area contributed by atoms with Gasteiger partial charge >= 0.3 is 0 Å². The van der Waals surface area contributed by atoms with Gasteiger partial charge in [0, 0.05) is 6.42 Å². The van der Waals surface area contributed by atoms with Gasteiger partial charge in [-0.05, 0) is 26.2 Å². The molecule has 0 aromatic heterocycles. The van der Waals surface area contributed by atoms with Crippen molar-refractivity contribution in [1.29, 1.82) is 0 Å². The van der Waals surface area contributed by atoms with E-state index in [0.717, 1.165) is 32.1 Å². The molecule has 16 heavy (non-hydrogen) atoms. The van der Waals surface area contributed by atoms with Gasteiger partial charge < -0.3 is 9.90 Å². The van der Waals surface area contributed by atoms with Crippen LogP contribution in [0.25, 0.3) is 0 Å².